The SMILES string of the molecule is O=C(/C=C/c1cc([N+](=O)[O-])ccc1Cl)c1ccc(Cl)cc1. The third-order valence-corrected chi connectivity index (χ3v) is 3.33. The molecule has 0 aliphatic carbocycles. The van der Waals surface area contributed by atoms with E-state index in [2.05, 4.69) is 0 Å². The molecule has 0 bridgehead atoms. The second kappa shape index (κ2) is 6.52. The lowest BCUT2D eigenvalue weighted by Crippen LogP contribution is -1.93. The number of hydrogen-bond acceptors (Lipinski definition) is 3. The number of nitro benzene ring substituents is 1. The van der Waals surface area contributed by atoms with Gasteiger partial charge in [-0.3, -0.25) is 14.9 Å². The van der Waals surface area contributed by atoms with Crippen molar-refractivity contribution in [2.75, 3.05) is 0 Å². The number of nitro groups is 1. The van der Waals surface area contributed by atoms with Crippen LogP contribution in [0.2, 0.25) is 10.0 Å². The van der Waals surface area contributed by atoms with Crippen molar-refractivity contribution >= 4 is 40.7 Å². The quantitative estimate of drug-likeness (QED) is 0.352. The van der Waals surface area contributed by atoms with Crippen molar-refractivity contribution in [3.05, 3.63) is 79.8 Å². The molecule has 0 radical (unpaired) electrons. The molecule has 0 N–H and O–H groups in total. The lowest BCUT2D eigenvalue weighted by atomic mass is 10.1. The average Bonchev–Trinajstić information content (AvgIpc) is 2.46. The van der Waals surface area contributed by atoms with Crippen LogP contribution >= 0.6 is 23.2 Å². The summed E-state index contributed by atoms with van der Waals surface area (Å²) in [6.07, 6.45) is 2.76. The van der Waals surface area contributed by atoms with Crippen LogP contribution in [0.25, 0.3) is 6.08 Å². The first kappa shape index (κ1) is 15.2. The summed E-state index contributed by atoms with van der Waals surface area (Å²) in [6, 6.07) is 10.5. The Morgan fingerprint density at radius 3 is 2.38 bits per heavy atom. The molecule has 21 heavy (non-hydrogen) atoms. The molecule has 0 saturated carbocycles. The first-order valence-electron chi connectivity index (χ1n) is 5.89. The molecule has 0 aliphatic rings. The minimum absolute atomic E-state index is 0.0852. The van der Waals surface area contributed by atoms with E-state index in [1.165, 1.54) is 30.4 Å². The van der Waals surface area contributed by atoms with Crippen molar-refractivity contribution in [3.8, 4) is 0 Å². The smallest absolute Gasteiger partial charge is 0.270 e. The van der Waals surface area contributed by atoms with Crippen molar-refractivity contribution in [3.63, 3.8) is 0 Å². The number of hydrogen-bond donors (Lipinski definition) is 0. The third-order valence-electron chi connectivity index (χ3n) is 2.73. The van der Waals surface area contributed by atoms with Gasteiger partial charge in [0.25, 0.3) is 5.69 Å². The standard InChI is InChI=1S/C15H9Cl2NO3/c16-12-4-1-10(2-5-12)15(19)8-3-11-9-13(18(20)21)6-7-14(11)17/h1-9H/b8-3+. The van der Waals surface area contributed by atoms with Crippen LogP contribution in [0.4, 0.5) is 5.69 Å². The first-order valence-corrected chi connectivity index (χ1v) is 6.65. The second-order valence-corrected chi connectivity index (χ2v) is 5.01. The Morgan fingerprint density at radius 1 is 1.10 bits per heavy atom. The van der Waals surface area contributed by atoms with Gasteiger partial charge in [-0.25, -0.2) is 0 Å². The van der Waals surface area contributed by atoms with Crippen LogP contribution in [0.15, 0.2) is 48.5 Å². The Balaban J connectivity index is 2.24. The summed E-state index contributed by atoms with van der Waals surface area (Å²) in [4.78, 5) is 22.1. The lowest BCUT2D eigenvalue weighted by Gasteiger charge is -1.99. The van der Waals surface area contributed by atoms with Gasteiger partial charge < -0.3 is 0 Å². The van der Waals surface area contributed by atoms with Crippen LogP contribution in [0.3, 0.4) is 0 Å². The van der Waals surface area contributed by atoms with E-state index in [1.807, 2.05) is 0 Å². The molecule has 0 aromatic heterocycles. The van der Waals surface area contributed by atoms with Gasteiger partial charge in [0.2, 0.25) is 0 Å². The number of allylic oxidation sites excluding steroid dienone is 1. The maximum atomic E-state index is 12.0. The van der Waals surface area contributed by atoms with E-state index < -0.39 is 4.92 Å². The molecule has 0 saturated heterocycles. The Kier molecular flexibility index (Phi) is 4.73. The van der Waals surface area contributed by atoms with Crippen LogP contribution in [-0.4, -0.2) is 10.7 Å². The van der Waals surface area contributed by atoms with Crippen molar-refractivity contribution in [2.24, 2.45) is 0 Å². The van der Waals surface area contributed by atoms with Crippen molar-refractivity contribution in [1.29, 1.82) is 0 Å². The molecule has 2 aromatic carbocycles. The number of carbonyl (C=O) groups excluding carboxylic acids is 1. The Morgan fingerprint density at radius 2 is 1.76 bits per heavy atom. The predicted molar refractivity (Wildman–Crippen MR) is 82.9 cm³/mol. The lowest BCUT2D eigenvalue weighted by molar-refractivity contribution is -0.384. The number of non-ortho nitro benzene ring substituents is 1. The summed E-state index contributed by atoms with van der Waals surface area (Å²) in [5, 5.41) is 11.6. The fourth-order valence-electron chi connectivity index (χ4n) is 1.65. The first-order chi connectivity index (χ1) is 9.97. The van der Waals surface area contributed by atoms with Crippen LogP contribution in [0.5, 0.6) is 0 Å². The van der Waals surface area contributed by atoms with Gasteiger partial charge in [-0.2, -0.15) is 0 Å². The number of benzene rings is 2. The van der Waals surface area contributed by atoms with Crippen molar-refractivity contribution < 1.29 is 9.72 Å². The maximum absolute atomic E-state index is 12.0. The molecule has 0 aliphatic heterocycles. The summed E-state index contributed by atoms with van der Waals surface area (Å²) in [6.45, 7) is 0. The van der Waals surface area contributed by atoms with E-state index in [1.54, 1.807) is 24.3 Å². The van der Waals surface area contributed by atoms with Crippen LogP contribution in [0, 0.1) is 10.1 Å². The van der Waals surface area contributed by atoms with Gasteiger partial charge in [0.1, 0.15) is 0 Å². The fraction of sp³-hybridized carbons (Fsp3) is 0. The summed E-state index contributed by atoms with van der Waals surface area (Å²) < 4.78 is 0. The fourth-order valence-corrected chi connectivity index (χ4v) is 1.95. The summed E-state index contributed by atoms with van der Waals surface area (Å²) in [5.41, 5.74) is 0.795. The Hall–Kier alpha value is -2.17. The van der Waals surface area contributed by atoms with E-state index in [9.17, 15) is 14.9 Å². The normalized spacial score (nSPS) is 10.8. The largest absolute Gasteiger partial charge is 0.289 e. The second-order valence-electron chi connectivity index (χ2n) is 4.17. The minimum Gasteiger partial charge on any atom is -0.289 e. The predicted octanol–water partition coefficient (Wildman–Crippen LogP) is 4.80. The number of rotatable bonds is 4. The van der Waals surface area contributed by atoms with Gasteiger partial charge in [0.15, 0.2) is 5.78 Å². The molecule has 0 atom stereocenters. The molecule has 0 spiro atoms. The Bertz CT molecular complexity index is 724. The monoisotopic (exact) mass is 321 g/mol. The van der Waals surface area contributed by atoms with Crippen LogP contribution in [0.1, 0.15) is 15.9 Å². The molecule has 2 aromatic rings. The third kappa shape index (κ3) is 3.90. The molecule has 0 heterocycles. The molecule has 2 rings (SSSR count). The minimum atomic E-state index is -0.519. The summed E-state index contributed by atoms with van der Waals surface area (Å²) in [5.74, 6) is -0.241. The van der Waals surface area contributed by atoms with Crippen LogP contribution < -0.4 is 0 Å². The number of carbonyl (C=O) groups is 1. The zero-order valence-corrected chi connectivity index (χ0v) is 12.1. The Labute approximate surface area is 130 Å². The molecule has 6 heteroatoms. The van der Waals surface area contributed by atoms with Crippen molar-refractivity contribution in [2.45, 2.75) is 0 Å². The van der Waals surface area contributed by atoms with Crippen LogP contribution in [-0.2, 0) is 0 Å². The van der Waals surface area contributed by atoms with E-state index in [-0.39, 0.29) is 11.5 Å². The highest BCUT2D eigenvalue weighted by atomic mass is 35.5. The molecule has 106 valence electrons. The summed E-state index contributed by atoms with van der Waals surface area (Å²) >= 11 is 11.7. The van der Waals surface area contributed by atoms with Crippen molar-refractivity contribution in [1.82, 2.24) is 0 Å². The van der Waals surface area contributed by atoms with E-state index in [0.29, 0.717) is 21.2 Å². The zero-order chi connectivity index (χ0) is 15.4. The van der Waals surface area contributed by atoms with E-state index >= 15 is 0 Å². The van der Waals surface area contributed by atoms with Gasteiger partial charge in [0, 0.05) is 27.7 Å². The average molecular weight is 322 g/mol. The van der Waals surface area contributed by atoms with E-state index in [0.717, 1.165) is 0 Å². The van der Waals surface area contributed by atoms with Gasteiger partial charge in [-0.05, 0) is 48.0 Å². The summed E-state index contributed by atoms with van der Waals surface area (Å²) in [7, 11) is 0. The molecular weight excluding hydrogens is 313 g/mol. The number of nitrogens with zero attached hydrogens (tertiary/aromatic N) is 1. The zero-order valence-electron chi connectivity index (χ0n) is 10.6. The maximum Gasteiger partial charge on any atom is 0.270 e. The van der Waals surface area contributed by atoms with Gasteiger partial charge in [-0.15, -0.1) is 0 Å². The molecule has 4 nitrogen and oxygen atoms in total. The van der Waals surface area contributed by atoms with Gasteiger partial charge in [-0.1, -0.05) is 23.2 Å². The number of ketones is 1. The topological polar surface area (TPSA) is 60.2 Å². The van der Waals surface area contributed by atoms with Gasteiger partial charge in [0.05, 0.1) is 4.92 Å². The number of halogens is 2. The van der Waals surface area contributed by atoms with E-state index in [4.69, 9.17) is 23.2 Å². The molecule has 0 fully saturated rings. The van der Waals surface area contributed by atoms with Gasteiger partial charge >= 0.3 is 0 Å². The molecular formula is C15H9Cl2NO3. The molecule has 0 unspecified atom stereocenters. The highest BCUT2D eigenvalue weighted by molar-refractivity contribution is 6.32. The highest BCUT2D eigenvalue weighted by Crippen LogP contribution is 2.23. The molecule has 0 amide bonds. The highest BCUT2D eigenvalue weighted by Gasteiger charge is 2.08.